The summed E-state index contributed by atoms with van der Waals surface area (Å²) in [5.74, 6) is 1.95. The lowest BCUT2D eigenvalue weighted by Gasteiger charge is -2.10. The predicted molar refractivity (Wildman–Crippen MR) is 317 cm³/mol. The van der Waals surface area contributed by atoms with Gasteiger partial charge >= 0.3 is 0 Å². The van der Waals surface area contributed by atoms with Gasteiger partial charge in [-0.15, -0.1) is 11.3 Å². The van der Waals surface area contributed by atoms with Crippen molar-refractivity contribution >= 4 is 96.9 Å². The highest BCUT2D eigenvalue weighted by Crippen LogP contribution is 2.43. The zero-order chi connectivity index (χ0) is 49.8. The monoisotopic (exact) mass is 986 g/mol. The molecule has 0 amide bonds. The van der Waals surface area contributed by atoms with Gasteiger partial charge in [-0.1, -0.05) is 146 Å². The van der Waals surface area contributed by atoms with Gasteiger partial charge in [-0.3, -0.25) is 0 Å². The highest BCUT2D eigenvalue weighted by molar-refractivity contribution is 7.25. The van der Waals surface area contributed by atoms with Gasteiger partial charge in [-0.05, 0) is 120 Å². The molecule has 76 heavy (non-hydrogen) atoms. The second-order valence-electron chi connectivity index (χ2n) is 19.6. The molecule has 0 aliphatic heterocycles. The number of rotatable bonds is 7. The Balaban J connectivity index is 0.832. The van der Waals surface area contributed by atoms with Crippen LogP contribution < -0.4 is 0 Å². The Morgan fingerprint density at radius 2 is 0.566 bits per heavy atom. The molecule has 16 aromatic rings. The van der Waals surface area contributed by atoms with Crippen molar-refractivity contribution < 1.29 is 0 Å². The van der Waals surface area contributed by atoms with Crippen molar-refractivity contribution in [2.45, 2.75) is 0 Å². The van der Waals surface area contributed by atoms with E-state index in [-0.39, 0.29) is 0 Å². The van der Waals surface area contributed by atoms with Gasteiger partial charge in [-0.2, -0.15) is 0 Å². The number of hydrogen-bond donors (Lipinski definition) is 0. The Hall–Kier alpha value is -9.95. The lowest BCUT2D eigenvalue weighted by atomic mass is 10.0. The molecule has 0 N–H and O–H groups in total. The molecule has 5 aromatic heterocycles. The fourth-order valence-corrected chi connectivity index (χ4v) is 12.9. The number of thiophene rings is 1. The maximum atomic E-state index is 5.07. The highest BCUT2D eigenvalue weighted by atomic mass is 32.1. The lowest BCUT2D eigenvalue weighted by molar-refractivity contribution is 1.07. The molecule has 0 saturated heterocycles. The van der Waals surface area contributed by atoms with Crippen molar-refractivity contribution in [3.63, 3.8) is 0 Å². The number of para-hydroxylation sites is 4. The minimum atomic E-state index is 0.647. The number of fused-ring (bicyclic) bond motifs is 12. The van der Waals surface area contributed by atoms with Crippen LogP contribution in [0.5, 0.6) is 0 Å². The molecule has 0 aliphatic rings. The fraction of sp³-hybridized carbons (Fsp3) is 0. The smallest absolute Gasteiger partial charge is 0.164 e. The van der Waals surface area contributed by atoms with Gasteiger partial charge in [0.05, 0.1) is 33.1 Å². The SMILES string of the molecule is c1ccc(-c2nc(-c3ccccc3)nc(-c3ccc4sc5ccc(-n6c7ccccc7c7cc(-c8ccc9c(c8)c8cc(-n%10c%11ccccc%11c%11ccccc%11%10)ccc8n9-c8ccccc8)ccc76)cc5c4c3)n2)cc1. The molecule has 5 heterocycles. The first-order valence-corrected chi connectivity index (χ1v) is 26.5. The van der Waals surface area contributed by atoms with Crippen LogP contribution in [0.2, 0.25) is 0 Å². The summed E-state index contributed by atoms with van der Waals surface area (Å²) < 4.78 is 9.70. The van der Waals surface area contributed by atoms with Gasteiger partial charge in [0, 0.05) is 86.2 Å². The van der Waals surface area contributed by atoms with Crippen LogP contribution in [-0.4, -0.2) is 28.7 Å². The van der Waals surface area contributed by atoms with Gasteiger partial charge < -0.3 is 13.7 Å². The first kappa shape index (κ1) is 42.5. The molecule has 16 rings (SSSR count). The van der Waals surface area contributed by atoms with E-state index < -0.39 is 0 Å². The van der Waals surface area contributed by atoms with Crippen LogP contribution in [0.4, 0.5) is 0 Å². The second-order valence-corrected chi connectivity index (χ2v) is 20.7. The Labute approximate surface area is 440 Å². The van der Waals surface area contributed by atoms with Gasteiger partial charge in [-0.25, -0.2) is 15.0 Å². The summed E-state index contributed by atoms with van der Waals surface area (Å²) >= 11 is 1.82. The molecule has 11 aromatic carbocycles. The first-order chi connectivity index (χ1) is 37.7. The van der Waals surface area contributed by atoms with E-state index in [1.165, 1.54) is 91.2 Å². The average molecular weight is 987 g/mol. The summed E-state index contributed by atoms with van der Waals surface area (Å²) in [4.78, 5) is 15.1. The normalized spacial score (nSPS) is 11.9. The molecule has 354 valence electrons. The molecule has 0 atom stereocenters. The Bertz CT molecular complexity index is 4880. The van der Waals surface area contributed by atoms with Crippen LogP contribution in [0.25, 0.3) is 148 Å². The largest absolute Gasteiger partial charge is 0.309 e. The van der Waals surface area contributed by atoms with E-state index in [0.29, 0.717) is 17.5 Å². The average Bonchev–Trinajstić information content (AvgIpc) is 4.31. The Morgan fingerprint density at radius 3 is 1.12 bits per heavy atom. The number of nitrogens with zero attached hydrogens (tertiary/aromatic N) is 6. The third-order valence-electron chi connectivity index (χ3n) is 15.3. The second kappa shape index (κ2) is 16.8. The standard InChI is InChI=1S/C69H42N6S/c1-4-16-43(17-5-1)67-70-68(44-18-6-2-7-19-44)72-69(71-67)47-30-36-65-57(40-47)58-42-50(32-37-66(58)76-65)75-61-27-15-12-24-53(61)54-38-45(28-33-62(54)75)46-29-34-63-55(39-46)56-41-49(31-35-64(56)73(63)48-20-8-3-9-21-48)74-59-25-13-10-22-51(59)52-23-11-14-26-60(52)74/h1-42H. The van der Waals surface area contributed by atoms with Crippen LogP contribution >= 0.6 is 11.3 Å². The van der Waals surface area contributed by atoms with Crippen molar-refractivity contribution in [3.05, 3.63) is 255 Å². The molecule has 0 saturated carbocycles. The summed E-state index contributed by atoms with van der Waals surface area (Å²) in [7, 11) is 0. The van der Waals surface area contributed by atoms with E-state index in [4.69, 9.17) is 15.0 Å². The quantitative estimate of drug-likeness (QED) is 0.160. The minimum absolute atomic E-state index is 0.647. The maximum Gasteiger partial charge on any atom is 0.164 e. The number of benzene rings is 11. The van der Waals surface area contributed by atoms with Gasteiger partial charge in [0.25, 0.3) is 0 Å². The zero-order valence-corrected chi connectivity index (χ0v) is 41.7. The highest BCUT2D eigenvalue weighted by Gasteiger charge is 2.20. The van der Waals surface area contributed by atoms with Crippen LogP contribution in [0.3, 0.4) is 0 Å². The maximum absolute atomic E-state index is 5.07. The van der Waals surface area contributed by atoms with Gasteiger partial charge in [0.1, 0.15) is 0 Å². The van der Waals surface area contributed by atoms with E-state index in [0.717, 1.165) is 39.3 Å². The summed E-state index contributed by atoms with van der Waals surface area (Å²) in [5, 5.41) is 9.74. The summed E-state index contributed by atoms with van der Waals surface area (Å²) in [5.41, 5.74) is 15.7. The molecule has 0 bridgehead atoms. The first-order valence-electron chi connectivity index (χ1n) is 25.7. The van der Waals surface area contributed by atoms with E-state index >= 15 is 0 Å². The molecule has 7 heteroatoms. The van der Waals surface area contributed by atoms with E-state index in [1.807, 2.05) is 47.7 Å². The van der Waals surface area contributed by atoms with Crippen LogP contribution in [0, 0.1) is 0 Å². The fourth-order valence-electron chi connectivity index (χ4n) is 11.8. The Morgan fingerprint density at radius 1 is 0.224 bits per heavy atom. The van der Waals surface area contributed by atoms with Crippen molar-refractivity contribution in [2.24, 2.45) is 0 Å². The van der Waals surface area contributed by atoms with Crippen molar-refractivity contribution in [2.75, 3.05) is 0 Å². The van der Waals surface area contributed by atoms with Crippen LogP contribution in [0.1, 0.15) is 0 Å². The minimum Gasteiger partial charge on any atom is -0.309 e. The third-order valence-corrected chi connectivity index (χ3v) is 16.4. The third kappa shape index (κ3) is 6.62. The van der Waals surface area contributed by atoms with Crippen molar-refractivity contribution in [1.29, 1.82) is 0 Å². The van der Waals surface area contributed by atoms with Crippen LogP contribution in [0.15, 0.2) is 255 Å². The Kier molecular flexibility index (Phi) is 9.40. The summed E-state index contributed by atoms with van der Waals surface area (Å²) in [6.07, 6.45) is 0. The molecule has 0 unspecified atom stereocenters. The molecular formula is C69H42N6S. The molecule has 0 spiro atoms. The van der Waals surface area contributed by atoms with Gasteiger partial charge in [0.15, 0.2) is 17.5 Å². The molecule has 6 nitrogen and oxygen atoms in total. The molecule has 0 radical (unpaired) electrons. The molecular weight excluding hydrogens is 945 g/mol. The number of hydrogen-bond acceptors (Lipinski definition) is 4. The van der Waals surface area contributed by atoms with Crippen molar-refractivity contribution in [3.8, 4) is 62.4 Å². The number of aromatic nitrogens is 6. The molecule has 0 aliphatic carbocycles. The summed E-state index contributed by atoms with van der Waals surface area (Å²) in [6.45, 7) is 0. The zero-order valence-electron chi connectivity index (χ0n) is 40.8. The predicted octanol–water partition coefficient (Wildman–Crippen LogP) is 18.2. The molecule has 0 fully saturated rings. The van der Waals surface area contributed by atoms with Crippen molar-refractivity contribution in [1.82, 2.24) is 28.7 Å². The van der Waals surface area contributed by atoms with E-state index in [2.05, 4.69) is 232 Å². The van der Waals surface area contributed by atoms with Crippen LogP contribution in [-0.2, 0) is 0 Å². The van der Waals surface area contributed by atoms with E-state index in [1.54, 1.807) is 0 Å². The topological polar surface area (TPSA) is 53.5 Å². The lowest BCUT2D eigenvalue weighted by Crippen LogP contribution is -2.00. The van der Waals surface area contributed by atoms with Gasteiger partial charge in [0.2, 0.25) is 0 Å². The van der Waals surface area contributed by atoms with E-state index in [9.17, 15) is 0 Å². The summed E-state index contributed by atoms with van der Waals surface area (Å²) in [6, 6.07) is 91.9.